The van der Waals surface area contributed by atoms with E-state index in [1.54, 1.807) is 0 Å². The van der Waals surface area contributed by atoms with Crippen LogP contribution in [0.3, 0.4) is 0 Å². The molecule has 114 valence electrons. The quantitative estimate of drug-likeness (QED) is 0.650. The first-order valence-electron chi connectivity index (χ1n) is 6.87. The summed E-state index contributed by atoms with van der Waals surface area (Å²) in [5.74, 6) is -1.06. The molecule has 0 radical (unpaired) electrons. The predicted molar refractivity (Wildman–Crippen MR) is 77.3 cm³/mol. The van der Waals surface area contributed by atoms with Crippen LogP contribution in [0.5, 0.6) is 5.75 Å². The molecule has 1 amide bonds. The van der Waals surface area contributed by atoms with Gasteiger partial charge in [-0.1, -0.05) is 6.07 Å². The summed E-state index contributed by atoms with van der Waals surface area (Å²) in [4.78, 5) is 24.5. The first-order chi connectivity index (χ1) is 9.90. The van der Waals surface area contributed by atoms with Gasteiger partial charge in [0, 0.05) is 24.7 Å². The van der Waals surface area contributed by atoms with Gasteiger partial charge in [0.2, 0.25) is 5.75 Å². The molecule has 1 aliphatic rings. The molecule has 2 unspecified atom stereocenters. The summed E-state index contributed by atoms with van der Waals surface area (Å²) >= 11 is 0. The van der Waals surface area contributed by atoms with Gasteiger partial charge in [-0.3, -0.25) is 14.9 Å². The Balaban J connectivity index is 2.11. The number of carbonyl (C=O) groups excluding carboxylic acids is 1. The summed E-state index contributed by atoms with van der Waals surface area (Å²) in [5, 5.41) is 23.5. The van der Waals surface area contributed by atoms with Crippen molar-refractivity contribution in [2.45, 2.75) is 31.8 Å². The first-order valence-corrected chi connectivity index (χ1v) is 6.87. The molecule has 1 fully saturated rings. The molecule has 2 atom stereocenters. The number of phenols is 1. The fourth-order valence-electron chi connectivity index (χ4n) is 2.55. The molecule has 7 nitrogen and oxygen atoms in total. The van der Waals surface area contributed by atoms with Crippen LogP contribution in [0, 0.1) is 10.1 Å². The maximum Gasteiger partial charge on any atom is 0.311 e. The lowest BCUT2D eigenvalue weighted by molar-refractivity contribution is -0.385. The normalized spacial score (nSPS) is 22.8. The monoisotopic (exact) mass is 293 g/mol. The zero-order valence-electron chi connectivity index (χ0n) is 12.1. The van der Waals surface area contributed by atoms with Crippen molar-refractivity contribution in [2.75, 3.05) is 13.6 Å². The third-order valence-electron chi connectivity index (χ3n) is 4.00. The Morgan fingerprint density at radius 2 is 2.24 bits per heavy atom. The molecule has 1 heterocycles. The summed E-state index contributed by atoms with van der Waals surface area (Å²) in [6.07, 6.45) is 1.64. The van der Waals surface area contributed by atoms with Crippen LogP contribution in [-0.4, -0.2) is 46.5 Å². The Labute approximate surface area is 122 Å². The van der Waals surface area contributed by atoms with E-state index in [1.165, 1.54) is 18.2 Å². The number of rotatable bonds is 3. The van der Waals surface area contributed by atoms with Crippen molar-refractivity contribution in [3.8, 4) is 5.75 Å². The number of nitro benzene ring substituents is 1. The number of nitro groups is 1. The van der Waals surface area contributed by atoms with E-state index in [2.05, 4.69) is 17.1 Å². The molecule has 1 aliphatic heterocycles. The van der Waals surface area contributed by atoms with Crippen molar-refractivity contribution in [3.05, 3.63) is 33.9 Å². The molecule has 1 aromatic carbocycles. The maximum atomic E-state index is 12.2. The average Bonchev–Trinajstić information content (AvgIpc) is 2.42. The van der Waals surface area contributed by atoms with Crippen molar-refractivity contribution in [1.82, 2.24) is 10.2 Å². The number of piperidine rings is 1. The molecule has 1 aromatic rings. The highest BCUT2D eigenvalue weighted by Gasteiger charge is 2.26. The fourth-order valence-corrected chi connectivity index (χ4v) is 2.55. The summed E-state index contributed by atoms with van der Waals surface area (Å²) in [6.45, 7) is 2.97. The minimum absolute atomic E-state index is 0.0161. The Hall–Kier alpha value is -2.15. The molecular weight excluding hydrogens is 274 g/mol. The van der Waals surface area contributed by atoms with E-state index in [1.807, 2.05) is 7.05 Å². The van der Waals surface area contributed by atoms with Gasteiger partial charge in [-0.25, -0.2) is 0 Å². The highest BCUT2D eigenvalue weighted by atomic mass is 16.6. The molecular formula is C14H19N3O4. The van der Waals surface area contributed by atoms with Crippen molar-refractivity contribution in [1.29, 1.82) is 0 Å². The van der Waals surface area contributed by atoms with Crippen molar-refractivity contribution in [3.63, 3.8) is 0 Å². The van der Waals surface area contributed by atoms with E-state index >= 15 is 0 Å². The zero-order valence-corrected chi connectivity index (χ0v) is 12.1. The van der Waals surface area contributed by atoms with Crippen LogP contribution in [0.25, 0.3) is 0 Å². The predicted octanol–water partition coefficient (Wildman–Crippen LogP) is 1.51. The Morgan fingerprint density at radius 1 is 1.52 bits per heavy atom. The van der Waals surface area contributed by atoms with Gasteiger partial charge >= 0.3 is 5.69 Å². The second-order valence-corrected chi connectivity index (χ2v) is 5.45. The van der Waals surface area contributed by atoms with Gasteiger partial charge in [-0.05, 0) is 32.9 Å². The van der Waals surface area contributed by atoms with Gasteiger partial charge in [0.05, 0.1) is 10.5 Å². The third kappa shape index (κ3) is 3.30. The van der Waals surface area contributed by atoms with Gasteiger partial charge in [0.15, 0.2) is 0 Å². The summed E-state index contributed by atoms with van der Waals surface area (Å²) in [5.41, 5.74) is -0.518. The van der Waals surface area contributed by atoms with E-state index in [-0.39, 0.29) is 11.6 Å². The van der Waals surface area contributed by atoms with E-state index in [4.69, 9.17) is 0 Å². The number of hydrogen-bond donors (Lipinski definition) is 2. The van der Waals surface area contributed by atoms with Gasteiger partial charge in [-0.2, -0.15) is 0 Å². The first kappa shape index (κ1) is 15.2. The minimum atomic E-state index is -0.705. The SMILES string of the molecule is CC1CC(NC(=O)c2cccc([N+](=O)[O-])c2O)CCN1C. The second kappa shape index (κ2) is 6.09. The Bertz CT molecular complexity index is 561. The number of benzene rings is 1. The van der Waals surface area contributed by atoms with Crippen molar-refractivity contribution < 1.29 is 14.8 Å². The molecule has 0 spiro atoms. The summed E-state index contributed by atoms with van der Waals surface area (Å²) in [7, 11) is 2.04. The number of para-hydroxylation sites is 1. The molecule has 0 bridgehead atoms. The smallest absolute Gasteiger partial charge is 0.311 e. The van der Waals surface area contributed by atoms with Crippen LogP contribution in [0.2, 0.25) is 0 Å². The van der Waals surface area contributed by atoms with Crippen LogP contribution in [0.15, 0.2) is 18.2 Å². The Kier molecular flexibility index (Phi) is 4.42. The number of phenolic OH excluding ortho intramolecular Hbond substituents is 1. The molecule has 2 N–H and O–H groups in total. The molecule has 21 heavy (non-hydrogen) atoms. The molecule has 0 saturated carbocycles. The van der Waals surface area contributed by atoms with E-state index in [0.29, 0.717) is 6.04 Å². The molecule has 1 saturated heterocycles. The molecule has 0 aliphatic carbocycles. The number of nitrogens with one attached hydrogen (secondary N) is 1. The topological polar surface area (TPSA) is 95.7 Å². The highest BCUT2D eigenvalue weighted by Crippen LogP contribution is 2.29. The average molecular weight is 293 g/mol. The summed E-state index contributed by atoms with van der Waals surface area (Å²) in [6, 6.07) is 4.33. The fraction of sp³-hybridized carbons (Fsp3) is 0.500. The molecule has 7 heteroatoms. The van der Waals surface area contributed by atoms with E-state index in [9.17, 15) is 20.0 Å². The highest BCUT2D eigenvalue weighted by molar-refractivity contribution is 5.98. The van der Waals surface area contributed by atoms with Crippen LogP contribution in [0.4, 0.5) is 5.69 Å². The van der Waals surface area contributed by atoms with Gasteiger partial charge in [0.25, 0.3) is 5.91 Å². The van der Waals surface area contributed by atoms with Gasteiger partial charge in [0.1, 0.15) is 0 Å². The number of hydrogen-bond acceptors (Lipinski definition) is 5. The van der Waals surface area contributed by atoms with E-state index < -0.39 is 22.3 Å². The van der Waals surface area contributed by atoms with Gasteiger partial charge < -0.3 is 15.3 Å². The van der Waals surface area contributed by atoms with E-state index in [0.717, 1.165) is 19.4 Å². The van der Waals surface area contributed by atoms with Crippen molar-refractivity contribution in [2.24, 2.45) is 0 Å². The van der Waals surface area contributed by atoms with Crippen LogP contribution in [-0.2, 0) is 0 Å². The molecule has 2 rings (SSSR count). The van der Waals surface area contributed by atoms with Crippen LogP contribution in [0.1, 0.15) is 30.1 Å². The minimum Gasteiger partial charge on any atom is -0.502 e. The maximum absolute atomic E-state index is 12.2. The standard InChI is InChI=1S/C14H19N3O4/c1-9-8-10(6-7-16(9)2)15-14(19)11-4-3-5-12(13(11)18)17(20)21/h3-5,9-10,18H,6-8H2,1-2H3,(H,15,19). The van der Waals surface area contributed by atoms with Gasteiger partial charge in [-0.15, -0.1) is 0 Å². The molecule has 0 aromatic heterocycles. The van der Waals surface area contributed by atoms with Crippen LogP contribution >= 0.6 is 0 Å². The number of carbonyl (C=O) groups is 1. The van der Waals surface area contributed by atoms with Crippen molar-refractivity contribution >= 4 is 11.6 Å². The van der Waals surface area contributed by atoms with Crippen LogP contribution < -0.4 is 5.32 Å². The second-order valence-electron chi connectivity index (χ2n) is 5.45. The number of likely N-dealkylation sites (tertiary alicyclic amines) is 1. The lowest BCUT2D eigenvalue weighted by atomic mass is 9.98. The number of amides is 1. The summed E-state index contributed by atoms with van der Waals surface area (Å²) < 4.78 is 0. The third-order valence-corrected chi connectivity index (χ3v) is 4.00. The lowest BCUT2D eigenvalue weighted by Crippen LogP contribution is -2.47. The number of nitrogens with zero attached hydrogens (tertiary/aromatic N) is 2. The largest absolute Gasteiger partial charge is 0.502 e. The lowest BCUT2D eigenvalue weighted by Gasteiger charge is -2.35. The zero-order chi connectivity index (χ0) is 15.6. The Morgan fingerprint density at radius 3 is 2.86 bits per heavy atom. The number of aromatic hydroxyl groups is 1.